The Morgan fingerprint density at radius 3 is 2.32 bits per heavy atom. The Labute approximate surface area is 141 Å². The van der Waals surface area contributed by atoms with Gasteiger partial charge >= 0.3 is 0 Å². The van der Waals surface area contributed by atoms with Crippen LogP contribution in [0, 0.1) is 5.92 Å². The number of hydrogen-bond donors (Lipinski definition) is 1. The molecule has 0 aromatic heterocycles. The zero-order valence-corrected chi connectivity index (χ0v) is 15.0. The van der Waals surface area contributed by atoms with Gasteiger partial charge in [0.15, 0.2) is 0 Å². The van der Waals surface area contributed by atoms with Crippen molar-refractivity contribution in [2.75, 3.05) is 46.3 Å². The maximum atomic E-state index is 12.4. The van der Waals surface area contributed by atoms with Crippen LogP contribution in [0.2, 0.25) is 0 Å². The number of amides is 1. The van der Waals surface area contributed by atoms with Gasteiger partial charge in [0.1, 0.15) is 0 Å². The van der Waals surface area contributed by atoms with Gasteiger partial charge in [-0.2, -0.15) is 0 Å². The fraction of sp³-hybridized carbons (Fsp3) is 0.938. The van der Waals surface area contributed by atoms with E-state index in [1.54, 1.807) is 0 Å². The highest BCUT2D eigenvalue weighted by molar-refractivity contribution is 5.85. The largest absolute Gasteiger partial charge is 0.372 e. The first kappa shape index (κ1) is 19.7. The van der Waals surface area contributed by atoms with Crippen LogP contribution in [0.25, 0.3) is 0 Å². The summed E-state index contributed by atoms with van der Waals surface area (Å²) in [5.41, 5.74) is 0. The Hall–Kier alpha value is -0.360. The molecular weight excluding hydrogens is 302 g/mol. The van der Waals surface area contributed by atoms with E-state index < -0.39 is 0 Å². The number of likely N-dealkylation sites (tertiary alicyclic amines) is 1. The molecule has 1 N–H and O–H groups in total. The van der Waals surface area contributed by atoms with E-state index in [1.807, 2.05) is 25.8 Å². The normalized spacial score (nSPS) is 27.5. The Morgan fingerprint density at radius 2 is 1.77 bits per heavy atom. The molecule has 2 saturated heterocycles. The SMILES string of the molecule is CNCCC1CCN(CC(=O)N2CC(C)OC(C)C2)CC1.Cl. The molecule has 0 bridgehead atoms. The van der Waals surface area contributed by atoms with E-state index in [4.69, 9.17) is 4.74 Å². The molecular formula is C16H32ClN3O2. The molecule has 22 heavy (non-hydrogen) atoms. The minimum Gasteiger partial charge on any atom is -0.372 e. The lowest BCUT2D eigenvalue weighted by molar-refractivity contribution is -0.144. The number of hydrogen-bond acceptors (Lipinski definition) is 4. The summed E-state index contributed by atoms with van der Waals surface area (Å²) >= 11 is 0. The van der Waals surface area contributed by atoms with Gasteiger partial charge in [-0.1, -0.05) is 0 Å². The lowest BCUT2D eigenvalue weighted by Crippen LogP contribution is -2.51. The predicted octanol–water partition coefficient (Wildman–Crippen LogP) is 1.37. The molecule has 0 spiro atoms. The number of nitrogens with one attached hydrogen (secondary N) is 1. The predicted molar refractivity (Wildman–Crippen MR) is 91.5 cm³/mol. The Kier molecular flexibility index (Phi) is 8.69. The molecule has 6 heteroatoms. The summed E-state index contributed by atoms with van der Waals surface area (Å²) in [6, 6.07) is 0. The lowest BCUT2D eigenvalue weighted by atomic mass is 9.93. The van der Waals surface area contributed by atoms with Crippen LogP contribution in [-0.2, 0) is 9.53 Å². The molecule has 130 valence electrons. The lowest BCUT2D eigenvalue weighted by Gasteiger charge is -2.37. The number of rotatable bonds is 5. The second kappa shape index (κ2) is 9.71. The summed E-state index contributed by atoms with van der Waals surface area (Å²) in [7, 11) is 2.01. The van der Waals surface area contributed by atoms with Crippen LogP contribution in [0.15, 0.2) is 0 Å². The fourth-order valence-electron chi connectivity index (χ4n) is 3.45. The third kappa shape index (κ3) is 6.03. The number of carbonyl (C=O) groups is 1. The van der Waals surface area contributed by atoms with Crippen LogP contribution in [0.3, 0.4) is 0 Å². The third-order valence-corrected chi connectivity index (χ3v) is 4.64. The third-order valence-electron chi connectivity index (χ3n) is 4.64. The molecule has 0 aliphatic carbocycles. The highest BCUT2D eigenvalue weighted by atomic mass is 35.5. The summed E-state index contributed by atoms with van der Waals surface area (Å²) in [5, 5.41) is 3.22. The average Bonchev–Trinajstić information content (AvgIpc) is 2.45. The van der Waals surface area contributed by atoms with E-state index in [1.165, 1.54) is 19.3 Å². The van der Waals surface area contributed by atoms with Gasteiger partial charge in [0.2, 0.25) is 5.91 Å². The summed E-state index contributed by atoms with van der Waals surface area (Å²) in [4.78, 5) is 16.7. The Balaban J connectivity index is 0.00000242. The van der Waals surface area contributed by atoms with Crippen molar-refractivity contribution >= 4 is 18.3 Å². The molecule has 2 rings (SSSR count). The molecule has 2 atom stereocenters. The Morgan fingerprint density at radius 1 is 1.18 bits per heavy atom. The van der Waals surface area contributed by atoms with Crippen molar-refractivity contribution in [3.8, 4) is 0 Å². The van der Waals surface area contributed by atoms with E-state index in [2.05, 4.69) is 10.2 Å². The molecule has 2 heterocycles. The summed E-state index contributed by atoms with van der Waals surface area (Å²) in [5.74, 6) is 1.10. The fourth-order valence-corrected chi connectivity index (χ4v) is 3.45. The molecule has 2 aliphatic heterocycles. The van der Waals surface area contributed by atoms with E-state index >= 15 is 0 Å². The van der Waals surface area contributed by atoms with E-state index in [9.17, 15) is 4.79 Å². The molecule has 5 nitrogen and oxygen atoms in total. The quantitative estimate of drug-likeness (QED) is 0.825. The van der Waals surface area contributed by atoms with Crippen LogP contribution in [-0.4, -0.2) is 74.2 Å². The van der Waals surface area contributed by atoms with Gasteiger partial charge in [0, 0.05) is 13.1 Å². The van der Waals surface area contributed by atoms with Gasteiger partial charge in [-0.25, -0.2) is 0 Å². The Bertz CT molecular complexity index is 325. The minimum atomic E-state index is 0. The van der Waals surface area contributed by atoms with E-state index in [-0.39, 0.29) is 30.5 Å². The van der Waals surface area contributed by atoms with Crippen molar-refractivity contribution in [3.63, 3.8) is 0 Å². The molecule has 2 aliphatic rings. The maximum Gasteiger partial charge on any atom is 0.236 e. The highest BCUT2D eigenvalue weighted by Crippen LogP contribution is 2.20. The van der Waals surface area contributed by atoms with Crippen LogP contribution in [0.5, 0.6) is 0 Å². The molecule has 2 unspecified atom stereocenters. The second-order valence-electron chi connectivity index (χ2n) is 6.67. The summed E-state index contributed by atoms with van der Waals surface area (Å²) in [6.07, 6.45) is 4.03. The van der Waals surface area contributed by atoms with Crippen LogP contribution < -0.4 is 5.32 Å². The van der Waals surface area contributed by atoms with Crippen molar-refractivity contribution in [1.29, 1.82) is 0 Å². The smallest absolute Gasteiger partial charge is 0.236 e. The molecule has 0 saturated carbocycles. The van der Waals surface area contributed by atoms with E-state index in [0.717, 1.165) is 38.6 Å². The van der Waals surface area contributed by atoms with Gasteiger partial charge in [-0.05, 0) is 65.7 Å². The van der Waals surface area contributed by atoms with Gasteiger partial charge in [-0.15, -0.1) is 12.4 Å². The van der Waals surface area contributed by atoms with E-state index in [0.29, 0.717) is 6.54 Å². The zero-order valence-electron chi connectivity index (χ0n) is 14.2. The number of ether oxygens (including phenoxy) is 1. The van der Waals surface area contributed by atoms with Gasteiger partial charge in [0.25, 0.3) is 0 Å². The van der Waals surface area contributed by atoms with Gasteiger partial charge < -0.3 is 15.0 Å². The second-order valence-corrected chi connectivity index (χ2v) is 6.67. The van der Waals surface area contributed by atoms with Crippen LogP contribution >= 0.6 is 12.4 Å². The summed E-state index contributed by atoms with van der Waals surface area (Å²) in [6.45, 7) is 9.38. The molecule has 1 amide bonds. The molecule has 0 aromatic carbocycles. The topological polar surface area (TPSA) is 44.8 Å². The molecule has 0 aromatic rings. The van der Waals surface area contributed by atoms with Crippen molar-refractivity contribution < 1.29 is 9.53 Å². The number of morpholine rings is 1. The number of carbonyl (C=O) groups excluding carboxylic acids is 1. The summed E-state index contributed by atoms with van der Waals surface area (Å²) < 4.78 is 5.69. The van der Waals surface area contributed by atoms with Gasteiger partial charge in [0.05, 0.1) is 18.8 Å². The first-order chi connectivity index (χ1) is 10.1. The number of halogens is 1. The van der Waals surface area contributed by atoms with Crippen molar-refractivity contribution in [3.05, 3.63) is 0 Å². The first-order valence-electron chi connectivity index (χ1n) is 8.38. The average molecular weight is 334 g/mol. The van der Waals surface area contributed by atoms with Crippen molar-refractivity contribution in [2.45, 2.75) is 45.3 Å². The van der Waals surface area contributed by atoms with Gasteiger partial charge in [-0.3, -0.25) is 9.69 Å². The maximum absolute atomic E-state index is 12.4. The number of nitrogens with zero attached hydrogens (tertiary/aromatic N) is 2. The minimum absolute atomic E-state index is 0. The zero-order chi connectivity index (χ0) is 15.2. The number of piperidine rings is 1. The molecule has 2 fully saturated rings. The van der Waals surface area contributed by atoms with Crippen LogP contribution in [0.1, 0.15) is 33.1 Å². The van der Waals surface area contributed by atoms with Crippen molar-refractivity contribution in [1.82, 2.24) is 15.1 Å². The van der Waals surface area contributed by atoms with Crippen LogP contribution in [0.4, 0.5) is 0 Å². The monoisotopic (exact) mass is 333 g/mol. The first-order valence-corrected chi connectivity index (χ1v) is 8.38. The molecule has 0 radical (unpaired) electrons. The van der Waals surface area contributed by atoms with Crippen molar-refractivity contribution in [2.24, 2.45) is 5.92 Å². The standard InChI is InChI=1S/C16H31N3O2.ClH/c1-13-10-19(11-14(2)21-13)16(20)12-18-8-5-15(6-9-18)4-7-17-3;/h13-15,17H,4-12H2,1-3H3;1H. The highest BCUT2D eigenvalue weighted by Gasteiger charge is 2.28.